The fourth-order valence-corrected chi connectivity index (χ4v) is 4.95. The highest BCUT2D eigenvalue weighted by Gasteiger charge is 2.21. The number of aryl methyl sites for hydroxylation is 1. The molecule has 5 rings (SSSR count). The Morgan fingerprint density at radius 1 is 1.20 bits per heavy atom. The fourth-order valence-electron chi connectivity index (χ4n) is 4.72. The summed E-state index contributed by atoms with van der Waals surface area (Å²) in [7, 11) is 0. The van der Waals surface area contributed by atoms with E-state index in [0.717, 1.165) is 59.1 Å². The van der Waals surface area contributed by atoms with Crippen molar-refractivity contribution in [2.24, 2.45) is 5.92 Å². The lowest BCUT2D eigenvalue weighted by Crippen LogP contribution is -2.31. The van der Waals surface area contributed by atoms with Crippen LogP contribution < -0.4 is 10.1 Å². The van der Waals surface area contributed by atoms with Gasteiger partial charge in [0.05, 0.1) is 17.0 Å². The highest BCUT2D eigenvalue weighted by Crippen LogP contribution is 2.31. The number of carbonyl (C=O) groups is 1. The summed E-state index contributed by atoms with van der Waals surface area (Å²) in [4.78, 5) is 25.8. The Bertz CT molecular complexity index is 1330. The normalized spacial score (nSPS) is 14.2. The summed E-state index contributed by atoms with van der Waals surface area (Å²) in [6.07, 6.45) is 14.2. The van der Waals surface area contributed by atoms with Gasteiger partial charge in [0, 0.05) is 53.9 Å². The molecule has 0 radical (unpaired) electrons. The predicted octanol–water partition coefficient (Wildman–Crippen LogP) is 5.55. The highest BCUT2D eigenvalue weighted by molar-refractivity contribution is 6.31. The maximum atomic E-state index is 12.6. The van der Waals surface area contributed by atoms with Crippen molar-refractivity contribution in [3.8, 4) is 11.4 Å². The molecule has 1 amide bonds. The van der Waals surface area contributed by atoms with E-state index in [4.69, 9.17) is 21.3 Å². The molecule has 1 N–H and O–H groups in total. The SMILES string of the molecule is Cc1cc(-n2ccnc2)c2cccc(OCc3c(Cl)cncc3CNC(=O)C3CCCCC3)c2n1. The molecule has 0 unspecified atom stereocenters. The summed E-state index contributed by atoms with van der Waals surface area (Å²) in [5.41, 5.74) is 4.30. The summed E-state index contributed by atoms with van der Waals surface area (Å²) in [6.45, 7) is 2.58. The first-order valence-corrected chi connectivity index (χ1v) is 12.4. The second-order valence-corrected chi connectivity index (χ2v) is 9.41. The number of rotatable bonds is 7. The molecule has 3 heterocycles. The third-order valence-corrected chi connectivity index (χ3v) is 6.91. The molecule has 3 aromatic heterocycles. The Balaban J connectivity index is 1.37. The van der Waals surface area contributed by atoms with Crippen LogP contribution in [0, 0.1) is 12.8 Å². The van der Waals surface area contributed by atoms with Gasteiger partial charge in [0.25, 0.3) is 0 Å². The van der Waals surface area contributed by atoms with Crippen LogP contribution in [0.15, 0.2) is 55.4 Å². The van der Waals surface area contributed by atoms with E-state index in [1.165, 1.54) is 6.42 Å². The van der Waals surface area contributed by atoms with Crippen LogP contribution in [0.4, 0.5) is 0 Å². The third-order valence-electron chi connectivity index (χ3n) is 6.59. The smallest absolute Gasteiger partial charge is 0.223 e. The molecule has 0 spiro atoms. The zero-order valence-corrected chi connectivity index (χ0v) is 20.5. The lowest BCUT2D eigenvalue weighted by atomic mass is 9.88. The fraction of sp³-hybridized carbons (Fsp3) is 0.333. The van der Waals surface area contributed by atoms with Gasteiger partial charge >= 0.3 is 0 Å². The number of nitrogens with one attached hydrogen (secondary N) is 1. The zero-order chi connectivity index (χ0) is 24.2. The van der Waals surface area contributed by atoms with Gasteiger partial charge in [-0.25, -0.2) is 9.97 Å². The molecule has 0 bridgehead atoms. The number of benzene rings is 1. The number of aromatic nitrogens is 4. The highest BCUT2D eigenvalue weighted by atomic mass is 35.5. The number of pyridine rings is 2. The number of amides is 1. The first-order chi connectivity index (χ1) is 17.1. The minimum absolute atomic E-state index is 0.102. The summed E-state index contributed by atoms with van der Waals surface area (Å²) in [5, 5.41) is 4.56. The van der Waals surface area contributed by atoms with Crippen LogP contribution in [0.2, 0.25) is 5.02 Å². The van der Waals surface area contributed by atoms with E-state index >= 15 is 0 Å². The summed E-state index contributed by atoms with van der Waals surface area (Å²) < 4.78 is 8.23. The number of hydrogen-bond donors (Lipinski definition) is 1. The largest absolute Gasteiger partial charge is 0.487 e. The number of hydrogen-bond acceptors (Lipinski definition) is 5. The zero-order valence-electron chi connectivity index (χ0n) is 19.7. The minimum Gasteiger partial charge on any atom is -0.487 e. The molecular weight excluding hydrogens is 462 g/mol. The van der Waals surface area contributed by atoms with Gasteiger partial charge in [-0.15, -0.1) is 0 Å². The first-order valence-electron chi connectivity index (χ1n) is 12.0. The number of halogens is 1. The van der Waals surface area contributed by atoms with Gasteiger partial charge < -0.3 is 14.6 Å². The van der Waals surface area contributed by atoms with Crippen molar-refractivity contribution in [3.05, 3.63) is 77.2 Å². The van der Waals surface area contributed by atoms with Crippen molar-refractivity contribution < 1.29 is 9.53 Å². The lowest BCUT2D eigenvalue weighted by Gasteiger charge is -2.21. The molecule has 0 saturated heterocycles. The molecule has 1 aliphatic carbocycles. The lowest BCUT2D eigenvalue weighted by molar-refractivity contribution is -0.126. The predicted molar refractivity (Wildman–Crippen MR) is 136 cm³/mol. The second kappa shape index (κ2) is 10.4. The van der Waals surface area contributed by atoms with E-state index in [2.05, 4.69) is 15.3 Å². The van der Waals surface area contributed by atoms with Crippen molar-refractivity contribution in [2.45, 2.75) is 52.2 Å². The second-order valence-electron chi connectivity index (χ2n) is 9.01. The van der Waals surface area contributed by atoms with Crippen LogP contribution in [0.3, 0.4) is 0 Å². The average Bonchev–Trinajstić information content (AvgIpc) is 3.42. The molecule has 1 aliphatic rings. The molecule has 0 atom stereocenters. The molecule has 1 saturated carbocycles. The van der Waals surface area contributed by atoms with Crippen LogP contribution in [-0.4, -0.2) is 25.4 Å². The van der Waals surface area contributed by atoms with Crippen molar-refractivity contribution in [1.82, 2.24) is 24.8 Å². The van der Waals surface area contributed by atoms with E-state index in [1.54, 1.807) is 24.9 Å². The summed E-state index contributed by atoms with van der Waals surface area (Å²) in [5.74, 6) is 0.875. The molecular formula is C27H28ClN5O2. The van der Waals surface area contributed by atoms with E-state index in [1.807, 2.05) is 42.0 Å². The monoisotopic (exact) mass is 489 g/mol. The Morgan fingerprint density at radius 2 is 2.06 bits per heavy atom. The van der Waals surface area contributed by atoms with Crippen molar-refractivity contribution in [1.29, 1.82) is 0 Å². The van der Waals surface area contributed by atoms with Crippen LogP contribution in [0.25, 0.3) is 16.6 Å². The topological polar surface area (TPSA) is 81.9 Å². The maximum absolute atomic E-state index is 12.6. The minimum atomic E-state index is 0.102. The Kier molecular flexibility index (Phi) is 6.95. The maximum Gasteiger partial charge on any atom is 0.223 e. The van der Waals surface area contributed by atoms with Crippen molar-refractivity contribution in [3.63, 3.8) is 0 Å². The van der Waals surface area contributed by atoms with Crippen LogP contribution in [0.5, 0.6) is 5.75 Å². The number of imidazole rings is 1. The number of carbonyl (C=O) groups excluding carboxylic acids is 1. The quantitative estimate of drug-likeness (QED) is 0.368. The molecule has 180 valence electrons. The van der Waals surface area contributed by atoms with Crippen LogP contribution in [0.1, 0.15) is 48.9 Å². The molecule has 35 heavy (non-hydrogen) atoms. The molecule has 1 aromatic carbocycles. The number of para-hydroxylation sites is 1. The molecule has 1 fully saturated rings. The molecule has 0 aliphatic heterocycles. The molecule has 8 heteroatoms. The number of fused-ring (bicyclic) bond motifs is 1. The van der Waals surface area contributed by atoms with Gasteiger partial charge in [-0.3, -0.25) is 9.78 Å². The average molecular weight is 490 g/mol. The summed E-state index contributed by atoms with van der Waals surface area (Å²) in [6, 6.07) is 7.91. The first kappa shape index (κ1) is 23.3. The molecule has 7 nitrogen and oxygen atoms in total. The van der Waals surface area contributed by atoms with E-state index in [9.17, 15) is 4.79 Å². The Morgan fingerprint density at radius 3 is 2.86 bits per heavy atom. The third kappa shape index (κ3) is 5.15. The Hall–Kier alpha value is -3.45. The number of ether oxygens (including phenoxy) is 1. The van der Waals surface area contributed by atoms with Gasteiger partial charge in [-0.1, -0.05) is 43.0 Å². The summed E-state index contributed by atoms with van der Waals surface area (Å²) >= 11 is 6.51. The van der Waals surface area contributed by atoms with E-state index in [0.29, 0.717) is 17.3 Å². The van der Waals surface area contributed by atoms with Crippen LogP contribution in [-0.2, 0) is 17.9 Å². The van der Waals surface area contributed by atoms with Gasteiger partial charge in [-0.05, 0) is 37.5 Å². The van der Waals surface area contributed by atoms with Crippen LogP contribution >= 0.6 is 11.6 Å². The van der Waals surface area contributed by atoms with Crippen molar-refractivity contribution in [2.75, 3.05) is 0 Å². The van der Waals surface area contributed by atoms with Gasteiger partial charge in [0.2, 0.25) is 5.91 Å². The van der Waals surface area contributed by atoms with Crippen molar-refractivity contribution >= 4 is 28.4 Å². The Labute approximate surface area is 209 Å². The van der Waals surface area contributed by atoms with E-state index in [-0.39, 0.29) is 18.4 Å². The standard InChI is InChI=1S/C27H28ClN5O2/c1-18-12-24(33-11-10-29-17-33)21-8-5-9-25(26(21)32-18)35-16-22-20(13-30-15-23(22)28)14-31-27(34)19-6-3-2-4-7-19/h5,8-13,15,17,19H,2-4,6-7,14,16H2,1H3,(H,31,34). The molecule has 4 aromatic rings. The van der Waals surface area contributed by atoms with Gasteiger partial charge in [0.15, 0.2) is 0 Å². The van der Waals surface area contributed by atoms with Gasteiger partial charge in [0.1, 0.15) is 17.9 Å². The van der Waals surface area contributed by atoms with Gasteiger partial charge in [-0.2, -0.15) is 0 Å². The van der Waals surface area contributed by atoms with E-state index < -0.39 is 0 Å². The number of nitrogens with zero attached hydrogens (tertiary/aromatic N) is 4.